The third-order valence-electron chi connectivity index (χ3n) is 0. The van der Waals surface area contributed by atoms with E-state index >= 15 is 0 Å². The third-order valence-corrected chi connectivity index (χ3v) is 0. The fraction of sp³-hybridized carbons (Fsp3) is 1.00. The molecule has 3 heteroatoms. The second-order valence-electron chi connectivity index (χ2n) is 0. The van der Waals surface area contributed by atoms with E-state index in [-0.39, 0.29) is 56.5 Å². The minimum absolute atomic E-state index is 0. The quantitative estimate of drug-likeness (QED) is 0.559. The Morgan fingerprint density at radius 1 is 1.00 bits per heavy atom. The molecule has 0 aromatic heterocycles. The zero-order valence-electron chi connectivity index (χ0n) is 1.29. The summed E-state index contributed by atoms with van der Waals surface area (Å²) in [5.74, 6) is 0. The first-order valence-electron chi connectivity index (χ1n) is 0. The summed E-state index contributed by atoms with van der Waals surface area (Å²) in [4.78, 5) is 0. The van der Waals surface area contributed by atoms with Crippen molar-refractivity contribution in [1.29, 1.82) is 0 Å². The fourth-order valence-corrected chi connectivity index (χ4v) is 0. The molecule has 0 saturated heterocycles. The molecule has 25 valence electrons. The molecule has 0 N–H and O–H groups in total. The molecule has 0 rings (SSSR count). The Morgan fingerprint density at radius 2 is 1.00 bits per heavy atom. The molecule has 0 aromatic rings. The molecule has 0 fully saturated rings. The van der Waals surface area contributed by atoms with Crippen LogP contribution >= 0.6 is 0 Å². The van der Waals surface area contributed by atoms with Gasteiger partial charge in [0.2, 0.25) is 0 Å². The van der Waals surface area contributed by atoms with Gasteiger partial charge in [-0.1, -0.05) is 7.43 Å². The maximum absolute atomic E-state index is 0. The Hall–Kier alpha value is 1.42. The van der Waals surface area contributed by atoms with Crippen LogP contribution in [0.2, 0.25) is 0 Å². The largest absolute Gasteiger partial charge is 0.0776 e. The average Bonchev–Trinajstić information content (AvgIpc) is 0. The summed E-state index contributed by atoms with van der Waals surface area (Å²) >= 11 is 0. The molecular formula is CH4MnSiW. The molecule has 0 aliphatic rings. The van der Waals surface area contributed by atoms with Gasteiger partial charge in [-0.3, -0.25) is 0 Å². The van der Waals surface area contributed by atoms with Gasteiger partial charge in [-0.15, -0.1) is 0 Å². The first kappa shape index (κ1) is 52.3. The molecule has 0 aromatic carbocycles. The van der Waals surface area contributed by atoms with Crippen LogP contribution in [0.3, 0.4) is 0 Å². The van der Waals surface area contributed by atoms with Gasteiger partial charge in [0.15, 0.2) is 0 Å². The van der Waals surface area contributed by atoms with E-state index < -0.39 is 0 Å². The Bertz CT molecular complexity index is 8.00. The van der Waals surface area contributed by atoms with Crippen molar-refractivity contribution in [3.05, 3.63) is 0 Å². The summed E-state index contributed by atoms with van der Waals surface area (Å²) < 4.78 is 0. The van der Waals surface area contributed by atoms with E-state index in [2.05, 4.69) is 0 Å². The van der Waals surface area contributed by atoms with Crippen molar-refractivity contribution < 1.29 is 38.1 Å². The van der Waals surface area contributed by atoms with E-state index in [1.165, 1.54) is 0 Å². The topological polar surface area (TPSA) is 0 Å². The summed E-state index contributed by atoms with van der Waals surface area (Å²) in [5.41, 5.74) is 0. The minimum Gasteiger partial charge on any atom is -0.0776 e. The molecule has 0 aliphatic carbocycles. The van der Waals surface area contributed by atoms with Crippen LogP contribution in [0, 0.1) is 0 Å². The van der Waals surface area contributed by atoms with Crippen LogP contribution in [0.15, 0.2) is 0 Å². The van der Waals surface area contributed by atoms with Crippen LogP contribution in [-0.4, -0.2) is 11.0 Å². The van der Waals surface area contributed by atoms with Crippen LogP contribution in [0.25, 0.3) is 0 Å². The van der Waals surface area contributed by atoms with Crippen molar-refractivity contribution in [3.63, 3.8) is 0 Å². The van der Waals surface area contributed by atoms with Gasteiger partial charge >= 0.3 is 0 Å². The summed E-state index contributed by atoms with van der Waals surface area (Å²) in [6, 6.07) is 0. The Morgan fingerprint density at radius 3 is 1.00 bits per heavy atom. The van der Waals surface area contributed by atoms with Crippen LogP contribution in [0.5, 0.6) is 0 Å². The smallest absolute Gasteiger partial charge is 0 e. The first-order valence-corrected chi connectivity index (χ1v) is 0. The zero-order valence-corrected chi connectivity index (χ0v) is 6.40. The Labute approximate surface area is 56.5 Å². The minimum atomic E-state index is 0. The van der Waals surface area contributed by atoms with Gasteiger partial charge in [0, 0.05) is 49.1 Å². The van der Waals surface area contributed by atoms with Crippen molar-refractivity contribution in [1.82, 2.24) is 0 Å². The van der Waals surface area contributed by atoms with Crippen molar-refractivity contribution in [2.45, 2.75) is 7.43 Å². The number of rotatable bonds is 0. The normalized spacial score (nSPS) is 0. The molecule has 4 heavy (non-hydrogen) atoms. The molecule has 0 heterocycles. The first-order chi connectivity index (χ1) is 0. The molecule has 0 amide bonds. The summed E-state index contributed by atoms with van der Waals surface area (Å²) in [6.07, 6.45) is 0. The second kappa shape index (κ2) is 25.6. The van der Waals surface area contributed by atoms with Gasteiger partial charge in [0.25, 0.3) is 0 Å². The Kier molecular flexibility index (Phi) is 334. The zero-order chi connectivity index (χ0) is 0. The van der Waals surface area contributed by atoms with E-state index in [4.69, 9.17) is 0 Å². The third kappa shape index (κ3) is 9.92. The fourth-order valence-electron chi connectivity index (χ4n) is 0. The molecule has 0 spiro atoms. The standard InChI is InChI=1S/CH4.Mn.Si.W/h1H4;;;. The predicted molar refractivity (Wildman–Crippen MR) is 12.5 cm³/mol. The Balaban J connectivity index is 0. The predicted octanol–water partition coefficient (Wildman–Crippen LogP) is 0.250. The SMILES string of the molecule is C.[Mn].[Si].[W]. The molecule has 0 nitrogen and oxygen atoms in total. The number of hydrogen-bond donors (Lipinski definition) is 0. The van der Waals surface area contributed by atoms with Gasteiger partial charge in [0.1, 0.15) is 0 Å². The van der Waals surface area contributed by atoms with E-state index in [1.807, 2.05) is 0 Å². The van der Waals surface area contributed by atoms with Crippen molar-refractivity contribution >= 4 is 11.0 Å². The monoisotopic (exact) mass is 283 g/mol. The van der Waals surface area contributed by atoms with E-state index in [1.54, 1.807) is 0 Å². The van der Waals surface area contributed by atoms with Crippen molar-refractivity contribution in [3.8, 4) is 0 Å². The molecule has 0 aliphatic heterocycles. The molecule has 0 unspecified atom stereocenters. The molecule has 0 bridgehead atoms. The molecule has 5 radical (unpaired) electrons. The second-order valence-corrected chi connectivity index (χ2v) is 0. The summed E-state index contributed by atoms with van der Waals surface area (Å²) in [7, 11) is 0. The van der Waals surface area contributed by atoms with Gasteiger partial charge in [-0.05, 0) is 0 Å². The van der Waals surface area contributed by atoms with Crippen LogP contribution in [-0.2, 0) is 38.1 Å². The number of hydrogen-bond acceptors (Lipinski definition) is 0. The van der Waals surface area contributed by atoms with Gasteiger partial charge in [0.05, 0.1) is 0 Å². The summed E-state index contributed by atoms with van der Waals surface area (Å²) in [5, 5.41) is 0. The molecule has 0 atom stereocenters. The van der Waals surface area contributed by atoms with Gasteiger partial charge < -0.3 is 0 Å². The van der Waals surface area contributed by atoms with Crippen LogP contribution in [0.1, 0.15) is 7.43 Å². The molecular weight excluding hydrogens is 279 g/mol. The maximum atomic E-state index is 0. The van der Waals surface area contributed by atoms with E-state index in [0.717, 1.165) is 0 Å². The van der Waals surface area contributed by atoms with E-state index in [9.17, 15) is 0 Å². The van der Waals surface area contributed by atoms with Crippen LogP contribution < -0.4 is 0 Å². The van der Waals surface area contributed by atoms with Gasteiger partial charge in [-0.2, -0.15) is 0 Å². The molecule has 0 saturated carbocycles. The van der Waals surface area contributed by atoms with E-state index in [0.29, 0.717) is 0 Å². The van der Waals surface area contributed by atoms with Crippen LogP contribution in [0.4, 0.5) is 0 Å². The summed E-state index contributed by atoms with van der Waals surface area (Å²) in [6.45, 7) is 0. The average molecular weight is 283 g/mol. The van der Waals surface area contributed by atoms with Crippen molar-refractivity contribution in [2.75, 3.05) is 0 Å². The van der Waals surface area contributed by atoms with Crippen molar-refractivity contribution in [2.24, 2.45) is 0 Å². The maximum Gasteiger partial charge on any atom is 0 e. The van der Waals surface area contributed by atoms with Gasteiger partial charge in [-0.25, -0.2) is 0 Å².